The highest BCUT2D eigenvalue weighted by molar-refractivity contribution is 7.89. The summed E-state index contributed by atoms with van der Waals surface area (Å²) in [5, 5.41) is 1.00. The molecule has 0 fully saturated rings. The summed E-state index contributed by atoms with van der Waals surface area (Å²) in [7, 11) is -0.543. The van der Waals surface area contributed by atoms with Gasteiger partial charge in [0, 0.05) is 30.1 Å². The first-order valence-corrected chi connectivity index (χ1v) is 10.4. The predicted molar refractivity (Wildman–Crippen MR) is 107 cm³/mol. The number of benzene rings is 2. The van der Waals surface area contributed by atoms with Gasteiger partial charge in [-0.3, -0.25) is 0 Å². The number of amides is 1. The Morgan fingerprint density at radius 3 is 2.48 bits per heavy atom. The van der Waals surface area contributed by atoms with Crippen molar-refractivity contribution in [3.05, 3.63) is 59.8 Å². The van der Waals surface area contributed by atoms with E-state index in [0.29, 0.717) is 5.75 Å². The second-order valence-electron chi connectivity index (χ2n) is 6.82. The minimum absolute atomic E-state index is 0.0623. The van der Waals surface area contributed by atoms with Crippen LogP contribution in [0.15, 0.2) is 53.4 Å². The molecule has 0 radical (unpaired) electrons. The molecule has 0 saturated carbocycles. The second kappa shape index (κ2) is 7.09. The maximum atomic E-state index is 13.4. The number of hydrogen-bond donors (Lipinski definition) is 1. The fourth-order valence-corrected chi connectivity index (χ4v) is 5.31. The second-order valence-corrected chi connectivity index (χ2v) is 8.71. The number of nitrogens with two attached hydrogens (primary N) is 1. The van der Waals surface area contributed by atoms with Crippen LogP contribution >= 0.6 is 0 Å². The number of nitrogens with zero attached hydrogens (tertiary/aromatic N) is 2. The van der Waals surface area contributed by atoms with E-state index < -0.39 is 22.3 Å². The zero-order valence-electron chi connectivity index (χ0n) is 16.0. The van der Waals surface area contributed by atoms with Gasteiger partial charge in [0.2, 0.25) is 10.0 Å². The van der Waals surface area contributed by atoms with Crippen molar-refractivity contribution in [1.29, 1.82) is 0 Å². The average Bonchev–Trinajstić information content (AvgIpc) is 2.99. The quantitative estimate of drug-likeness (QED) is 0.704. The van der Waals surface area contributed by atoms with Gasteiger partial charge >= 0.3 is 6.09 Å². The number of aryl methyl sites for hydroxylation is 1. The third-order valence-corrected chi connectivity index (χ3v) is 7.12. The molecule has 29 heavy (non-hydrogen) atoms. The van der Waals surface area contributed by atoms with Crippen LogP contribution in [0.5, 0.6) is 5.75 Å². The Hall–Kier alpha value is -3.04. The van der Waals surface area contributed by atoms with Crippen LogP contribution in [0.4, 0.5) is 4.79 Å². The Kier molecular flexibility index (Phi) is 4.71. The first kappa shape index (κ1) is 19.3. The smallest absolute Gasteiger partial charge is 0.406 e. The number of methoxy groups -OCH3 is 1. The lowest BCUT2D eigenvalue weighted by molar-refractivity contribution is 0.0265. The van der Waals surface area contributed by atoms with E-state index in [2.05, 4.69) is 0 Å². The number of para-hydroxylation sites is 1. The summed E-state index contributed by atoms with van der Waals surface area (Å²) >= 11 is 0. The lowest BCUT2D eigenvalue weighted by atomic mass is 10.0. The van der Waals surface area contributed by atoms with E-state index in [1.54, 1.807) is 12.1 Å². The fourth-order valence-electron chi connectivity index (χ4n) is 3.84. The van der Waals surface area contributed by atoms with Crippen molar-refractivity contribution < 1.29 is 22.7 Å². The third-order valence-electron chi connectivity index (χ3n) is 5.27. The summed E-state index contributed by atoms with van der Waals surface area (Å²) in [5.74, 6) is 0.545. The van der Waals surface area contributed by atoms with Crippen LogP contribution in [-0.4, -0.2) is 36.7 Å². The van der Waals surface area contributed by atoms with E-state index in [4.69, 9.17) is 15.2 Å². The predicted octanol–water partition coefficient (Wildman–Crippen LogP) is 2.36. The molecule has 1 aromatic heterocycles. The molecule has 0 spiro atoms. The number of fused-ring (bicyclic) bond motifs is 3. The van der Waals surface area contributed by atoms with E-state index in [1.807, 2.05) is 35.9 Å². The van der Waals surface area contributed by atoms with Crippen molar-refractivity contribution in [1.82, 2.24) is 8.87 Å². The van der Waals surface area contributed by atoms with Gasteiger partial charge in [0.15, 0.2) is 6.23 Å². The van der Waals surface area contributed by atoms with Crippen molar-refractivity contribution >= 4 is 27.0 Å². The Balaban J connectivity index is 1.81. The summed E-state index contributed by atoms with van der Waals surface area (Å²) in [5.41, 5.74) is 8.03. The molecule has 4 rings (SSSR count). The van der Waals surface area contributed by atoms with Gasteiger partial charge in [-0.1, -0.05) is 18.2 Å². The average molecular weight is 415 g/mol. The molecule has 1 aliphatic rings. The SMILES string of the molecule is COc1ccc(S(=O)(=O)N2Cc3c(c4ccccc4n3C)C[C@H]2OC(N)=O)cc1. The Morgan fingerprint density at radius 1 is 1.14 bits per heavy atom. The Bertz CT molecular complexity index is 1180. The van der Waals surface area contributed by atoms with E-state index in [9.17, 15) is 13.2 Å². The normalized spacial score (nSPS) is 17.1. The van der Waals surface area contributed by atoms with E-state index in [-0.39, 0.29) is 17.9 Å². The van der Waals surface area contributed by atoms with Gasteiger partial charge in [-0.25, -0.2) is 13.2 Å². The standard InChI is InChI=1S/C20H21N3O5S/c1-22-17-6-4-3-5-15(17)16-11-19(28-20(21)24)23(12-18(16)22)29(25,26)14-9-7-13(27-2)8-10-14/h3-10,19H,11-12H2,1-2H3,(H2,21,24)/t19-/m1/s1. The molecular weight excluding hydrogens is 394 g/mol. The first-order valence-electron chi connectivity index (χ1n) is 9.00. The lowest BCUT2D eigenvalue weighted by Gasteiger charge is -2.34. The minimum atomic E-state index is -3.95. The molecule has 1 amide bonds. The van der Waals surface area contributed by atoms with Gasteiger partial charge in [-0.15, -0.1) is 0 Å². The Labute approximate surface area is 168 Å². The van der Waals surface area contributed by atoms with Crippen LogP contribution in [0.2, 0.25) is 0 Å². The monoisotopic (exact) mass is 415 g/mol. The highest BCUT2D eigenvalue weighted by atomic mass is 32.2. The summed E-state index contributed by atoms with van der Waals surface area (Å²) < 4.78 is 40.2. The first-order chi connectivity index (χ1) is 13.8. The van der Waals surface area contributed by atoms with Gasteiger partial charge < -0.3 is 19.8 Å². The molecule has 8 nitrogen and oxygen atoms in total. The van der Waals surface area contributed by atoms with Crippen molar-refractivity contribution in [3.8, 4) is 5.75 Å². The maximum absolute atomic E-state index is 13.4. The van der Waals surface area contributed by atoms with E-state index in [1.165, 1.54) is 23.5 Å². The van der Waals surface area contributed by atoms with Gasteiger partial charge in [-0.05, 0) is 35.9 Å². The van der Waals surface area contributed by atoms with Crippen molar-refractivity contribution in [2.24, 2.45) is 12.8 Å². The van der Waals surface area contributed by atoms with Crippen LogP contribution in [0.3, 0.4) is 0 Å². The van der Waals surface area contributed by atoms with Crippen LogP contribution in [-0.2, 0) is 34.8 Å². The molecule has 1 aliphatic heterocycles. The number of primary amides is 1. The maximum Gasteiger partial charge on any atom is 0.406 e. The zero-order valence-corrected chi connectivity index (χ0v) is 16.8. The molecule has 3 aromatic rings. The van der Waals surface area contributed by atoms with Crippen LogP contribution in [0.25, 0.3) is 10.9 Å². The molecule has 9 heteroatoms. The van der Waals surface area contributed by atoms with Crippen molar-refractivity contribution in [3.63, 3.8) is 0 Å². The number of ether oxygens (including phenoxy) is 2. The third kappa shape index (κ3) is 3.22. The highest BCUT2D eigenvalue weighted by Crippen LogP contribution is 2.35. The molecule has 2 aromatic carbocycles. The van der Waals surface area contributed by atoms with Crippen molar-refractivity contribution in [2.75, 3.05) is 7.11 Å². The summed E-state index contributed by atoms with van der Waals surface area (Å²) in [6.45, 7) is 0.0623. The van der Waals surface area contributed by atoms with Crippen LogP contribution in [0.1, 0.15) is 11.3 Å². The molecule has 2 N–H and O–H groups in total. The van der Waals surface area contributed by atoms with Crippen LogP contribution < -0.4 is 10.5 Å². The molecule has 0 unspecified atom stereocenters. The number of sulfonamides is 1. The molecule has 0 bridgehead atoms. The number of rotatable bonds is 4. The highest BCUT2D eigenvalue weighted by Gasteiger charge is 2.40. The van der Waals surface area contributed by atoms with E-state index >= 15 is 0 Å². The molecule has 2 heterocycles. The number of carbonyl (C=O) groups excluding carboxylic acids is 1. The number of carbonyl (C=O) groups is 1. The van der Waals surface area contributed by atoms with E-state index in [0.717, 1.165) is 22.2 Å². The summed E-state index contributed by atoms with van der Waals surface area (Å²) in [6, 6.07) is 13.9. The largest absolute Gasteiger partial charge is 0.497 e. The molecular formula is C20H21N3O5S. The minimum Gasteiger partial charge on any atom is -0.497 e. The zero-order chi connectivity index (χ0) is 20.8. The number of aromatic nitrogens is 1. The van der Waals surface area contributed by atoms with Gasteiger partial charge in [0.05, 0.1) is 18.6 Å². The van der Waals surface area contributed by atoms with Gasteiger partial charge in [0.1, 0.15) is 5.75 Å². The number of hydrogen-bond acceptors (Lipinski definition) is 5. The lowest BCUT2D eigenvalue weighted by Crippen LogP contribution is -2.47. The Morgan fingerprint density at radius 2 is 1.83 bits per heavy atom. The summed E-state index contributed by atoms with van der Waals surface area (Å²) in [6.07, 6.45) is -1.83. The topological polar surface area (TPSA) is 104 Å². The fraction of sp³-hybridized carbons (Fsp3) is 0.250. The van der Waals surface area contributed by atoms with Gasteiger partial charge in [-0.2, -0.15) is 4.31 Å². The molecule has 152 valence electrons. The van der Waals surface area contributed by atoms with Crippen molar-refractivity contribution in [2.45, 2.75) is 24.1 Å². The van der Waals surface area contributed by atoms with Crippen LogP contribution in [0, 0.1) is 0 Å². The molecule has 1 atom stereocenters. The molecule has 0 aliphatic carbocycles. The summed E-state index contributed by atoms with van der Waals surface area (Å²) in [4.78, 5) is 11.6. The molecule has 0 saturated heterocycles. The van der Waals surface area contributed by atoms with Gasteiger partial charge in [0.25, 0.3) is 0 Å².